The molecule has 5 nitrogen and oxygen atoms in total. The molecule has 1 heterocycles. The minimum absolute atomic E-state index is 0.166. The Bertz CT molecular complexity index is 471. The van der Waals surface area contributed by atoms with Crippen LogP contribution in [0.2, 0.25) is 0 Å². The van der Waals surface area contributed by atoms with Crippen molar-refractivity contribution in [1.29, 1.82) is 0 Å². The van der Waals surface area contributed by atoms with Crippen molar-refractivity contribution in [3.63, 3.8) is 0 Å². The van der Waals surface area contributed by atoms with Crippen LogP contribution in [0.1, 0.15) is 32.4 Å². The topological polar surface area (TPSA) is 57.0 Å². The van der Waals surface area contributed by atoms with Gasteiger partial charge < -0.3 is 19.9 Å². The first-order valence-corrected chi connectivity index (χ1v) is 7.99. The Kier molecular flexibility index (Phi) is 6.06. The van der Waals surface area contributed by atoms with Crippen LogP contribution in [0.25, 0.3) is 0 Å². The first-order chi connectivity index (χ1) is 10.6. The fraction of sp³-hybridized carbons (Fsp3) is 0.647. The van der Waals surface area contributed by atoms with Crippen LogP contribution in [0, 0.1) is 0 Å². The summed E-state index contributed by atoms with van der Waals surface area (Å²) in [4.78, 5) is 2.40. The fourth-order valence-electron chi connectivity index (χ4n) is 3.14. The molecule has 1 aliphatic heterocycles. The van der Waals surface area contributed by atoms with Crippen molar-refractivity contribution in [1.82, 2.24) is 4.90 Å². The van der Waals surface area contributed by atoms with Crippen LogP contribution < -0.4 is 15.2 Å². The molecule has 0 spiro atoms. The van der Waals surface area contributed by atoms with Crippen LogP contribution in [0.15, 0.2) is 18.2 Å². The van der Waals surface area contributed by atoms with Gasteiger partial charge in [0.05, 0.1) is 25.9 Å². The normalized spacial score (nSPS) is 24.0. The third kappa shape index (κ3) is 3.91. The standard InChI is InChI=1S/C17H28N2O3/c1-5-21-17-8-14(6-7-16(17)20-4)15(9-18)19-10-12(2)22-13(3)11-19/h6-8,12-13,15H,5,9-11,18H2,1-4H3. The highest BCUT2D eigenvalue weighted by molar-refractivity contribution is 5.44. The summed E-state index contributed by atoms with van der Waals surface area (Å²) in [5.74, 6) is 1.53. The van der Waals surface area contributed by atoms with Crippen LogP contribution >= 0.6 is 0 Å². The molecule has 0 amide bonds. The van der Waals surface area contributed by atoms with Crippen LogP contribution in [-0.2, 0) is 4.74 Å². The summed E-state index contributed by atoms with van der Waals surface area (Å²) in [6.45, 7) is 9.14. The summed E-state index contributed by atoms with van der Waals surface area (Å²) in [6.07, 6.45) is 0.449. The lowest BCUT2D eigenvalue weighted by Gasteiger charge is -2.40. The van der Waals surface area contributed by atoms with Crippen molar-refractivity contribution in [2.24, 2.45) is 5.73 Å². The van der Waals surface area contributed by atoms with Gasteiger partial charge in [-0.1, -0.05) is 6.07 Å². The average Bonchev–Trinajstić information content (AvgIpc) is 2.48. The van der Waals surface area contributed by atoms with Crippen molar-refractivity contribution in [3.8, 4) is 11.5 Å². The largest absolute Gasteiger partial charge is 0.493 e. The Hall–Kier alpha value is -1.30. The molecule has 1 aliphatic rings. The van der Waals surface area contributed by atoms with E-state index in [1.54, 1.807) is 7.11 Å². The van der Waals surface area contributed by atoms with Crippen molar-refractivity contribution >= 4 is 0 Å². The number of hydrogen-bond donors (Lipinski definition) is 1. The predicted octanol–water partition coefficient (Wildman–Crippen LogP) is 2.20. The molecular formula is C17H28N2O3. The van der Waals surface area contributed by atoms with Crippen LogP contribution in [-0.4, -0.2) is 50.5 Å². The van der Waals surface area contributed by atoms with E-state index in [9.17, 15) is 0 Å². The molecule has 1 saturated heterocycles. The molecule has 0 saturated carbocycles. The minimum atomic E-state index is 0.166. The second kappa shape index (κ2) is 7.81. The van der Waals surface area contributed by atoms with Gasteiger partial charge in [-0.05, 0) is 38.5 Å². The molecule has 1 aromatic carbocycles. The highest BCUT2D eigenvalue weighted by Gasteiger charge is 2.28. The number of methoxy groups -OCH3 is 1. The zero-order valence-electron chi connectivity index (χ0n) is 14.0. The predicted molar refractivity (Wildman–Crippen MR) is 87.5 cm³/mol. The Labute approximate surface area is 133 Å². The van der Waals surface area contributed by atoms with Gasteiger partial charge in [-0.2, -0.15) is 0 Å². The summed E-state index contributed by atoms with van der Waals surface area (Å²) in [5.41, 5.74) is 7.23. The summed E-state index contributed by atoms with van der Waals surface area (Å²) >= 11 is 0. The second-order valence-corrected chi connectivity index (χ2v) is 5.81. The van der Waals surface area contributed by atoms with Gasteiger partial charge in [0.2, 0.25) is 0 Å². The van der Waals surface area contributed by atoms with Gasteiger partial charge in [0, 0.05) is 25.7 Å². The zero-order valence-corrected chi connectivity index (χ0v) is 14.0. The minimum Gasteiger partial charge on any atom is -0.493 e. The number of ether oxygens (including phenoxy) is 3. The van der Waals surface area contributed by atoms with E-state index < -0.39 is 0 Å². The molecule has 1 fully saturated rings. The van der Waals surface area contributed by atoms with E-state index in [0.29, 0.717) is 13.2 Å². The molecule has 3 atom stereocenters. The molecule has 2 rings (SSSR count). The van der Waals surface area contributed by atoms with E-state index in [0.717, 1.165) is 30.2 Å². The summed E-state index contributed by atoms with van der Waals surface area (Å²) in [6, 6.07) is 6.24. The lowest BCUT2D eigenvalue weighted by atomic mass is 10.0. The monoisotopic (exact) mass is 308 g/mol. The molecule has 0 aliphatic carbocycles. The molecule has 5 heteroatoms. The smallest absolute Gasteiger partial charge is 0.161 e. The Morgan fingerprint density at radius 1 is 1.27 bits per heavy atom. The van der Waals surface area contributed by atoms with Gasteiger partial charge in [-0.25, -0.2) is 0 Å². The molecule has 2 N–H and O–H groups in total. The van der Waals surface area contributed by atoms with E-state index in [2.05, 4.69) is 24.8 Å². The van der Waals surface area contributed by atoms with Gasteiger partial charge >= 0.3 is 0 Å². The van der Waals surface area contributed by atoms with Gasteiger partial charge in [0.25, 0.3) is 0 Å². The lowest BCUT2D eigenvalue weighted by Crippen LogP contribution is -2.48. The first kappa shape index (κ1) is 17.1. The summed E-state index contributed by atoms with van der Waals surface area (Å²) in [7, 11) is 1.66. The summed E-state index contributed by atoms with van der Waals surface area (Å²) < 4.78 is 16.9. The molecule has 0 radical (unpaired) electrons. The van der Waals surface area contributed by atoms with Crippen molar-refractivity contribution < 1.29 is 14.2 Å². The highest BCUT2D eigenvalue weighted by Crippen LogP contribution is 2.33. The molecule has 124 valence electrons. The summed E-state index contributed by atoms with van der Waals surface area (Å²) in [5, 5.41) is 0. The van der Waals surface area contributed by atoms with Gasteiger partial charge in [0.1, 0.15) is 0 Å². The number of nitrogens with two attached hydrogens (primary N) is 1. The molecule has 0 aromatic heterocycles. The molecule has 3 unspecified atom stereocenters. The van der Waals surface area contributed by atoms with E-state index >= 15 is 0 Å². The van der Waals surface area contributed by atoms with Crippen molar-refractivity contribution in [2.75, 3.05) is 33.4 Å². The third-order valence-electron chi connectivity index (χ3n) is 3.98. The van der Waals surface area contributed by atoms with Crippen LogP contribution in [0.5, 0.6) is 11.5 Å². The van der Waals surface area contributed by atoms with E-state index in [-0.39, 0.29) is 18.2 Å². The maximum absolute atomic E-state index is 6.07. The van der Waals surface area contributed by atoms with Crippen LogP contribution in [0.3, 0.4) is 0 Å². The van der Waals surface area contributed by atoms with Gasteiger partial charge in [0.15, 0.2) is 11.5 Å². The number of hydrogen-bond acceptors (Lipinski definition) is 5. The van der Waals surface area contributed by atoms with E-state index in [1.165, 1.54) is 0 Å². The zero-order chi connectivity index (χ0) is 16.1. The van der Waals surface area contributed by atoms with Crippen LogP contribution in [0.4, 0.5) is 0 Å². The fourth-order valence-corrected chi connectivity index (χ4v) is 3.14. The van der Waals surface area contributed by atoms with E-state index in [1.807, 2.05) is 19.1 Å². The average molecular weight is 308 g/mol. The van der Waals surface area contributed by atoms with Crippen molar-refractivity contribution in [3.05, 3.63) is 23.8 Å². The second-order valence-electron chi connectivity index (χ2n) is 5.81. The third-order valence-corrected chi connectivity index (χ3v) is 3.98. The highest BCUT2D eigenvalue weighted by atomic mass is 16.5. The van der Waals surface area contributed by atoms with E-state index in [4.69, 9.17) is 19.9 Å². The maximum Gasteiger partial charge on any atom is 0.161 e. The lowest BCUT2D eigenvalue weighted by molar-refractivity contribution is -0.0799. The van der Waals surface area contributed by atoms with Gasteiger partial charge in [-0.15, -0.1) is 0 Å². The molecular weight excluding hydrogens is 280 g/mol. The Balaban J connectivity index is 2.24. The maximum atomic E-state index is 6.07. The number of benzene rings is 1. The van der Waals surface area contributed by atoms with Gasteiger partial charge in [-0.3, -0.25) is 4.90 Å². The first-order valence-electron chi connectivity index (χ1n) is 7.99. The number of morpholine rings is 1. The molecule has 0 bridgehead atoms. The molecule has 22 heavy (non-hydrogen) atoms. The Morgan fingerprint density at radius 2 is 1.95 bits per heavy atom. The van der Waals surface area contributed by atoms with Crippen molar-refractivity contribution in [2.45, 2.75) is 39.0 Å². The quantitative estimate of drug-likeness (QED) is 0.873. The Morgan fingerprint density at radius 3 is 2.50 bits per heavy atom. The SMILES string of the molecule is CCOc1cc(C(CN)N2CC(C)OC(C)C2)ccc1OC. The number of nitrogens with zero attached hydrogens (tertiary/aromatic N) is 1. The molecule has 1 aromatic rings. The number of rotatable bonds is 6.